The van der Waals surface area contributed by atoms with Crippen molar-refractivity contribution in [2.24, 2.45) is 0 Å². The monoisotopic (exact) mass is 317 g/mol. The highest BCUT2D eigenvalue weighted by Gasteiger charge is 2.22. The molecular formula is C21H19NO2. The van der Waals surface area contributed by atoms with Crippen LogP contribution in [-0.2, 0) is 11.2 Å². The van der Waals surface area contributed by atoms with Crippen LogP contribution in [0.1, 0.15) is 23.6 Å². The van der Waals surface area contributed by atoms with Crippen LogP contribution < -0.4 is 10.1 Å². The van der Waals surface area contributed by atoms with E-state index in [0.717, 1.165) is 28.7 Å². The number of amides is 1. The van der Waals surface area contributed by atoms with Crippen LogP contribution in [0.25, 0.3) is 10.8 Å². The van der Waals surface area contributed by atoms with Gasteiger partial charge in [-0.1, -0.05) is 60.7 Å². The van der Waals surface area contributed by atoms with E-state index in [1.807, 2.05) is 48.5 Å². The molecule has 3 aromatic carbocycles. The lowest BCUT2D eigenvalue weighted by atomic mass is 9.99. The molecule has 3 heteroatoms. The summed E-state index contributed by atoms with van der Waals surface area (Å²) >= 11 is 0. The minimum absolute atomic E-state index is 0.0254. The fourth-order valence-electron chi connectivity index (χ4n) is 3.36. The first kappa shape index (κ1) is 14.8. The molecule has 4 rings (SSSR count). The summed E-state index contributed by atoms with van der Waals surface area (Å²) in [6.07, 6.45) is 1.19. The number of rotatable bonds is 3. The van der Waals surface area contributed by atoms with Crippen molar-refractivity contribution in [2.45, 2.75) is 18.9 Å². The largest absolute Gasteiger partial charge is 0.493 e. The molecule has 1 amide bonds. The molecule has 0 aliphatic carbocycles. The van der Waals surface area contributed by atoms with Crippen LogP contribution in [-0.4, -0.2) is 12.5 Å². The van der Waals surface area contributed by atoms with Gasteiger partial charge in [0.1, 0.15) is 5.75 Å². The topological polar surface area (TPSA) is 38.3 Å². The van der Waals surface area contributed by atoms with Gasteiger partial charge in [0.15, 0.2) is 0 Å². The summed E-state index contributed by atoms with van der Waals surface area (Å²) in [6, 6.07) is 22.2. The predicted octanol–water partition coefficient (Wildman–Crippen LogP) is 4.02. The highest BCUT2D eigenvalue weighted by atomic mass is 16.5. The third kappa shape index (κ3) is 2.85. The maximum absolute atomic E-state index is 12.6. The number of hydrogen-bond acceptors (Lipinski definition) is 2. The van der Waals surface area contributed by atoms with Crippen molar-refractivity contribution in [1.82, 2.24) is 5.32 Å². The average Bonchev–Trinajstić information content (AvgIpc) is 2.62. The second kappa shape index (κ2) is 6.36. The van der Waals surface area contributed by atoms with Gasteiger partial charge >= 0.3 is 0 Å². The fourth-order valence-corrected chi connectivity index (χ4v) is 3.36. The molecule has 3 nitrogen and oxygen atoms in total. The van der Waals surface area contributed by atoms with Gasteiger partial charge in [0.2, 0.25) is 5.91 Å². The maximum atomic E-state index is 12.6. The van der Waals surface area contributed by atoms with Gasteiger partial charge in [0.25, 0.3) is 0 Å². The van der Waals surface area contributed by atoms with Crippen molar-refractivity contribution in [3.8, 4) is 5.75 Å². The lowest BCUT2D eigenvalue weighted by Gasteiger charge is -2.26. The molecule has 0 saturated heterocycles. The molecule has 1 unspecified atom stereocenters. The Morgan fingerprint density at radius 2 is 1.79 bits per heavy atom. The number of ether oxygens (including phenoxy) is 1. The first-order chi connectivity index (χ1) is 11.8. The number of benzene rings is 3. The standard InChI is InChI=1S/C21H19NO2/c23-21(14-16-8-5-7-15-6-1-2-9-17(15)16)22-19-12-13-24-20-11-4-3-10-18(19)20/h1-11,19H,12-14H2,(H,22,23). The number of carbonyl (C=O) groups excluding carboxylic acids is 1. The van der Waals surface area contributed by atoms with Crippen molar-refractivity contribution in [1.29, 1.82) is 0 Å². The first-order valence-corrected chi connectivity index (χ1v) is 8.29. The number of fused-ring (bicyclic) bond motifs is 2. The minimum Gasteiger partial charge on any atom is -0.493 e. The molecule has 0 aromatic heterocycles. The highest BCUT2D eigenvalue weighted by molar-refractivity contribution is 5.90. The van der Waals surface area contributed by atoms with E-state index in [9.17, 15) is 4.79 Å². The second-order valence-electron chi connectivity index (χ2n) is 6.11. The van der Waals surface area contributed by atoms with Crippen molar-refractivity contribution in [3.63, 3.8) is 0 Å². The third-order valence-corrected chi connectivity index (χ3v) is 4.52. The highest BCUT2D eigenvalue weighted by Crippen LogP contribution is 2.31. The molecular weight excluding hydrogens is 298 g/mol. The second-order valence-corrected chi connectivity index (χ2v) is 6.11. The van der Waals surface area contributed by atoms with E-state index in [1.165, 1.54) is 5.39 Å². The Labute approximate surface area is 141 Å². The van der Waals surface area contributed by atoms with Crippen LogP contribution in [0.5, 0.6) is 5.75 Å². The van der Waals surface area contributed by atoms with E-state index in [4.69, 9.17) is 4.74 Å². The van der Waals surface area contributed by atoms with Crippen molar-refractivity contribution >= 4 is 16.7 Å². The Morgan fingerprint density at radius 1 is 1.00 bits per heavy atom. The van der Waals surface area contributed by atoms with Gasteiger partial charge in [-0.05, 0) is 22.4 Å². The van der Waals surface area contributed by atoms with Gasteiger partial charge in [-0.25, -0.2) is 0 Å². The van der Waals surface area contributed by atoms with E-state index in [2.05, 4.69) is 23.5 Å². The number of para-hydroxylation sites is 1. The SMILES string of the molecule is O=C(Cc1cccc2ccccc12)NC1CCOc2ccccc21. The Morgan fingerprint density at radius 3 is 2.75 bits per heavy atom. The zero-order valence-corrected chi connectivity index (χ0v) is 13.4. The van der Waals surface area contributed by atoms with Gasteiger partial charge in [0.05, 0.1) is 19.1 Å². The molecule has 24 heavy (non-hydrogen) atoms. The molecule has 1 N–H and O–H groups in total. The summed E-state index contributed by atoms with van der Waals surface area (Å²) < 4.78 is 5.66. The Hall–Kier alpha value is -2.81. The van der Waals surface area contributed by atoms with Crippen LogP contribution in [0.3, 0.4) is 0 Å². The summed E-state index contributed by atoms with van der Waals surface area (Å²) in [5.41, 5.74) is 2.13. The molecule has 0 bridgehead atoms. The smallest absolute Gasteiger partial charge is 0.224 e. The lowest BCUT2D eigenvalue weighted by molar-refractivity contribution is -0.121. The van der Waals surface area contributed by atoms with Crippen LogP contribution in [0, 0.1) is 0 Å². The molecule has 1 heterocycles. The summed E-state index contributed by atoms with van der Waals surface area (Å²) in [5.74, 6) is 0.923. The first-order valence-electron chi connectivity index (χ1n) is 8.29. The zero-order valence-electron chi connectivity index (χ0n) is 13.4. The molecule has 1 aliphatic heterocycles. The Bertz CT molecular complexity index is 882. The van der Waals surface area contributed by atoms with Crippen LogP contribution in [0.2, 0.25) is 0 Å². The third-order valence-electron chi connectivity index (χ3n) is 4.52. The maximum Gasteiger partial charge on any atom is 0.224 e. The summed E-state index contributed by atoms with van der Waals surface area (Å²) in [5, 5.41) is 5.48. The van der Waals surface area contributed by atoms with E-state index in [1.54, 1.807) is 0 Å². The summed E-state index contributed by atoms with van der Waals surface area (Å²) in [4.78, 5) is 12.6. The van der Waals surface area contributed by atoms with Crippen molar-refractivity contribution in [3.05, 3.63) is 77.9 Å². The molecule has 1 aliphatic rings. The Balaban J connectivity index is 1.53. The molecule has 0 fully saturated rings. The number of carbonyl (C=O) groups is 1. The van der Waals surface area contributed by atoms with Gasteiger partial charge in [-0.15, -0.1) is 0 Å². The molecule has 0 spiro atoms. The molecule has 120 valence electrons. The fraction of sp³-hybridized carbons (Fsp3) is 0.190. The van der Waals surface area contributed by atoms with Crippen LogP contribution in [0.4, 0.5) is 0 Å². The Kier molecular flexibility index (Phi) is 3.91. The van der Waals surface area contributed by atoms with Gasteiger partial charge in [-0.3, -0.25) is 4.79 Å². The normalized spacial score (nSPS) is 16.2. The minimum atomic E-state index is 0.0254. The van der Waals surface area contributed by atoms with E-state index >= 15 is 0 Å². The van der Waals surface area contributed by atoms with E-state index in [-0.39, 0.29) is 11.9 Å². The van der Waals surface area contributed by atoms with Crippen molar-refractivity contribution < 1.29 is 9.53 Å². The summed E-state index contributed by atoms with van der Waals surface area (Å²) in [7, 11) is 0. The molecule has 3 aromatic rings. The van der Waals surface area contributed by atoms with Gasteiger partial charge in [-0.2, -0.15) is 0 Å². The number of nitrogens with one attached hydrogen (secondary N) is 1. The predicted molar refractivity (Wildman–Crippen MR) is 95.1 cm³/mol. The number of hydrogen-bond donors (Lipinski definition) is 1. The van der Waals surface area contributed by atoms with E-state index < -0.39 is 0 Å². The van der Waals surface area contributed by atoms with Crippen LogP contribution in [0.15, 0.2) is 66.7 Å². The van der Waals surface area contributed by atoms with Crippen molar-refractivity contribution in [2.75, 3.05) is 6.61 Å². The molecule has 0 saturated carbocycles. The van der Waals surface area contributed by atoms with Gasteiger partial charge < -0.3 is 10.1 Å². The van der Waals surface area contributed by atoms with Gasteiger partial charge in [0, 0.05) is 12.0 Å². The van der Waals surface area contributed by atoms with Crippen LogP contribution >= 0.6 is 0 Å². The molecule has 0 radical (unpaired) electrons. The average molecular weight is 317 g/mol. The quantitative estimate of drug-likeness (QED) is 0.792. The van der Waals surface area contributed by atoms with E-state index in [0.29, 0.717) is 13.0 Å². The summed E-state index contributed by atoms with van der Waals surface area (Å²) in [6.45, 7) is 0.635. The molecule has 1 atom stereocenters. The lowest BCUT2D eigenvalue weighted by Crippen LogP contribution is -2.33. The zero-order chi connectivity index (χ0) is 16.4.